The molecule has 10 aromatic rings. The van der Waals surface area contributed by atoms with Gasteiger partial charge in [0, 0.05) is 80.8 Å². The van der Waals surface area contributed by atoms with Crippen LogP contribution in [0.25, 0.3) is 51.5 Å². The number of fused-ring (bicyclic) bond motifs is 11. The normalized spacial score (nSPS) is 18.4. The van der Waals surface area contributed by atoms with Gasteiger partial charge in [-0.3, -0.25) is 0 Å². The first kappa shape index (κ1) is 55.2. The van der Waals surface area contributed by atoms with Gasteiger partial charge >= 0.3 is 20.9 Å². The SMILES string of the molecule is CC1=Cc2c(oc3nc(C)ccc23)N(C)B1N1C=CN(c2ccccc2)[C@@H]1C.CC1=Cc2c(oc3nc(C)ccc23)N(C)B1N1c2ccccc2N(C)[C@@H]1C.CC1=Cc2c(oc3nc(C)ccc23)N(C)B1N1c2ccccc2N(c2ccccc2)[C@@H]1C. The Balaban J connectivity index is 0.000000115. The van der Waals surface area contributed by atoms with Crippen LogP contribution in [0, 0.1) is 20.8 Å². The summed E-state index contributed by atoms with van der Waals surface area (Å²) in [5.41, 5.74) is 19.6. The highest BCUT2D eigenvalue weighted by molar-refractivity contribution is 6.76. The quantitative estimate of drug-likeness (QED) is 0.153. The second-order valence-corrected chi connectivity index (χ2v) is 24.0. The predicted molar refractivity (Wildman–Crippen MR) is 363 cm³/mol. The number of rotatable bonds is 5. The predicted octanol–water partition coefficient (Wildman–Crippen LogP) is 15.0. The summed E-state index contributed by atoms with van der Waals surface area (Å²) in [5, 5.41) is 3.21. The number of furan rings is 3. The summed E-state index contributed by atoms with van der Waals surface area (Å²) < 4.78 is 18.7. The van der Waals surface area contributed by atoms with Crippen molar-refractivity contribution in [3.63, 3.8) is 0 Å². The van der Waals surface area contributed by atoms with Crippen LogP contribution in [0.15, 0.2) is 188 Å². The zero-order valence-corrected chi connectivity index (χ0v) is 51.8. The highest BCUT2D eigenvalue weighted by Crippen LogP contribution is 2.49. The lowest BCUT2D eigenvalue weighted by Crippen LogP contribution is -2.58. The van der Waals surface area contributed by atoms with E-state index in [1.165, 1.54) is 50.5 Å². The first-order valence-electron chi connectivity index (χ1n) is 30.1. The van der Waals surface area contributed by atoms with Gasteiger partial charge in [-0.2, -0.15) is 0 Å². The van der Waals surface area contributed by atoms with Gasteiger partial charge in [0.15, 0.2) is 17.7 Å². The second-order valence-electron chi connectivity index (χ2n) is 24.0. The van der Waals surface area contributed by atoms with Crippen molar-refractivity contribution in [1.82, 2.24) is 19.8 Å². The molecule has 0 radical (unpaired) electrons. The zero-order chi connectivity index (χ0) is 60.3. The largest absolute Gasteiger partial charge is 0.423 e. The van der Waals surface area contributed by atoms with Crippen molar-refractivity contribution < 1.29 is 13.3 Å². The summed E-state index contributed by atoms with van der Waals surface area (Å²) in [6.07, 6.45) is 11.7. The smallest absolute Gasteiger partial charge is 0.410 e. The Morgan fingerprint density at radius 3 is 1.23 bits per heavy atom. The van der Waals surface area contributed by atoms with Crippen molar-refractivity contribution in [2.75, 3.05) is 66.9 Å². The lowest BCUT2D eigenvalue weighted by atomic mass is 9.61. The molecule has 0 amide bonds. The summed E-state index contributed by atoms with van der Waals surface area (Å²) in [5.74, 6) is 2.64. The van der Waals surface area contributed by atoms with E-state index in [4.69, 9.17) is 13.3 Å². The molecule has 3 atom stereocenters. The van der Waals surface area contributed by atoms with E-state index >= 15 is 0 Å². The Labute approximate surface area is 510 Å². The number of pyridine rings is 3. The Bertz CT molecular complexity index is 4440. The third-order valence-electron chi connectivity index (χ3n) is 18.4. The molecule has 0 bridgehead atoms. The van der Waals surface area contributed by atoms with E-state index < -0.39 is 0 Å². The summed E-state index contributed by atoms with van der Waals surface area (Å²) in [7, 11) is 8.49. The van der Waals surface area contributed by atoms with Crippen molar-refractivity contribution in [2.45, 2.75) is 80.8 Å². The lowest BCUT2D eigenvalue weighted by molar-refractivity contribution is 0.472. The van der Waals surface area contributed by atoms with Crippen molar-refractivity contribution >= 4 is 124 Å². The number of benzene rings is 4. The average Bonchev–Trinajstić information content (AvgIpc) is 1.77. The van der Waals surface area contributed by atoms with Crippen molar-refractivity contribution in [3.05, 3.63) is 208 Å². The standard InChI is InChI=1S/C26H25BN4O.C22H23BN4O.C21H23BN4O/c1-17-16-22-21-15-14-18(2)28-25(21)32-26(22)29(4)27(17)31-19(3)30(20-10-6-5-7-11-20)23-12-8-9-13-24(23)31;1-15-14-20-19-11-10-16(2)24-21(19)28-22(20)25(4)23(15)27-13-12-26(17(27)3)18-8-6-5-7-9-18;1-13-12-17-16-11-10-14(2)23-20(16)27-21(17)25(5)22(13)26-15(3)24(4)18-8-6-7-9-19(18)26/h5-16,19H,1-4H3;5-14,17H,1-4H3;6-12,15H,1-5H3/t19-;17-;15-/m000/s1. The molecular weight excluding hydrogens is 1080 g/mol. The molecule has 0 fully saturated rings. The molecule has 0 saturated heterocycles. The fraction of sp³-hybridized carbons (Fsp3) is 0.232. The third-order valence-corrected chi connectivity index (χ3v) is 18.4. The molecule has 0 aliphatic carbocycles. The number of allylic oxidation sites excluding steroid dienone is 3. The van der Waals surface area contributed by atoms with E-state index in [1.54, 1.807) is 0 Å². The molecule has 16 rings (SSSR count). The van der Waals surface area contributed by atoms with Crippen LogP contribution in [0.2, 0.25) is 0 Å². The van der Waals surface area contributed by atoms with Gasteiger partial charge in [0.05, 0.1) is 41.2 Å². The molecule has 0 spiro atoms. The third kappa shape index (κ3) is 9.00. The van der Waals surface area contributed by atoms with E-state index in [-0.39, 0.29) is 39.4 Å². The number of hydrogen-bond donors (Lipinski definition) is 0. The molecule has 12 heterocycles. The Hall–Kier alpha value is -9.70. The van der Waals surface area contributed by atoms with E-state index in [1.807, 2.05) is 45.0 Å². The second kappa shape index (κ2) is 21.4. The number of anilines is 9. The molecule has 4 aromatic carbocycles. The number of para-hydroxylation sites is 6. The molecule has 87 heavy (non-hydrogen) atoms. The van der Waals surface area contributed by atoms with E-state index in [0.29, 0.717) is 17.1 Å². The number of aromatic nitrogens is 3. The van der Waals surface area contributed by atoms with Crippen LogP contribution in [0.5, 0.6) is 0 Å². The molecule has 0 N–H and O–H groups in total. The maximum Gasteiger partial charge on any atom is 0.410 e. The first-order valence-corrected chi connectivity index (χ1v) is 30.1. The first-order chi connectivity index (χ1) is 42.1. The van der Waals surface area contributed by atoms with E-state index in [2.05, 4.69) is 280 Å². The number of aryl methyl sites for hydroxylation is 3. The van der Waals surface area contributed by atoms with Crippen LogP contribution in [-0.2, 0) is 0 Å². The minimum absolute atomic E-state index is 0.0361. The molecule has 0 saturated carbocycles. The van der Waals surface area contributed by atoms with Crippen LogP contribution in [0.1, 0.15) is 75.3 Å². The van der Waals surface area contributed by atoms with Gasteiger partial charge < -0.3 is 56.8 Å². The monoisotopic (exact) mass is 1150 g/mol. The van der Waals surface area contributed by atoms with E-state index in [9.17, 15) is 0 Å². The van der Waals surface area contributed by atoms with E-state index in [0.717, 1.165) is 67.6 Å². The lowest BCUT2D eigenvalue weighted by Gasteiger charge is -2.40. The fourth-order valence-electron chi connectivity index (χ4n) is 14.2. The molecule has 434 valence electrons. The summed E-state index contributed by atoms with van der Waals surface area (Å²) in [4.78, 5) is 34.8. The topological polar surface area (TPSA) is 107 Å². The summed E-state index contributed by atoms with van der Waals surface area (Å²) >= 11 is 0. The Morgan fingerprint density at radius 2 is 0.759 bits per heavy atom. The molecular formula is C69H71B3N12O3. The van der Waals surface area contributed by atoms with Gasteiger partial charge in [-0.05, 0) is 168 Å². The number of hydrogen-bond acceptors (Lipinski definition) is 15. The van der Waals surface area contributed by atoms with Gasteiger partial charge in [0.25, 0.3) is 0 Å². The van der Waals surface area contributed by atoms with Crippen molar-refractivity contribution in [2.24, 2.45) is 0 Å². The van der Waals surface area contributed by atoms with Crippen molar-refractivity contribution in [1.29, 1.82) is 0 Å². The van der Waals surface area contributed by atoms with Crippen molar-refractivity contribution in [3.8, 4) is 0 Å². The van der Waals surface area contributed by atoms with Crippen LogP contribution in [0.4, 0.5) is 51.8 Å². The molecule has 18 heteroatoms. The Morgan fingerprint density at radius 1 is 0.379 bits per heavy atom. The molecule has 6 aliphatic rings. The van der Waals surface area contributed by atoms with Gasteiger partial charge in [-0.25, -0.2) is 15.0 Å². The van der Waals surface area contributed by atoms with Crippen LogP contribution < -0.4 is 38.8 Å². The van der Waals surface area contributed by atoms with Gasteiger partial charge in [-0.15, -0.1) is 0 Å². The number of nitrogens with zero attached hydrogens (tertiary/aromatic N) is 12. The van der Waals surface area contributed by atoms with Gasteiger partial charge in [0.1, 0.15) is 0 Å². The maximum absolute atomic E-state index is 6.29. The summed E-state index contributed by atoms with van der Waals surface area (Å²) in [6.45, 7) is 19.6. The zero-order valence-electron chi connectivity index (χ0n) is 51.8. The van der Waals surface area contributed by atoms with Crippen LogP contribution in [-0.4, -0.2) is 87.4 Å². The highest BCUT2D eigenvalue weighted by atomic mass is 16.4. The minimum atomic E-state index is 0.0361. The van der Waals surface area contributed by atoms with Crippen LogP contribution >= 0.6 is 0 Å². The molecule has 6 aromatic heterocycles. The maximum atomic E-state index is 6.29. The fourth-order valence-corrected chi connectivity index (χ4v) is 14.2. The Kier molecular flexibility index (Phi) is 13.6. The molecule has 0 unspecified atom stereocenters. The molecule has 6 aliphatic heterocycles. The van der Waals surface area contributed by atoms with Gasteiger partial charge in [-0.1, -0.05) is 95.3 Å². The minimum Gasteiger partial charge on any atom is -0.423 e. The molecule has 15 nitrogen and oxygen atoms in total. The summed E-state index contributed by atoms with van der Waals surface area (Å²) in [6, 6.07) is 50.8. The average molecular weight is 1150 g/mol. The van der Waals surface area contributed by atoms with Crippen LogP contribution in [0.3, 0.4) is 0 Å². The highest BCUT2D eigenvalue weighted by Gasteiger charge is 2.48. The van der Waals surface area contributed by atoms with Gasteiger partial charge in [0.2, 0.25) is 17.1 Å².